The molecular formula is C14H18ClNO5S. The number of ether oxygens (including phenoxy) is 2. The van der Waals surface area contributed by atoms with Gasteiger partial charge in [0.1, 0.15) is 12.4 Å². The third-order valence-electron chi connectivity index (χ3n) is 3.34. The number of nitrogens with zero attached hydrogens (tertiary/aromatic N) is 1. The number of halogens is 1. The van der Waals surface area contributed by atoms with E-state index >= 15 is 0 Å². The molecule has 0 saturated carbocycles. The Kier molecular flexibility index (Phi) is 5.66. The van der Waals surface area contributed by atoms with Gasteiger partial charge in [-0.2, -0.15) is 0 Å². The lowest BCUT2D eigenvalue weighted by atomic mass is 10.1. The molecule has 1 unspecified atom stereocenters. The van der Waals surface area contributed by atoms with Crippen molar-refractivity contribution in [3.63, 3.8) is 0 Å². The topological polar surface area (TPSA) is 72.9 Å². The van der Waals surface area contributed by atoms with Gasteiger partial charge in [-0.05, 0) is 24.3 Å². The number of carbonyl (C=O) groups excluding carboxylic acids is 1. The molecule has 1 atom stereocenters. The molecule has 8 heteroatoms. The van der Waals surface area contributed by atoms with Crippen molar-refractivity contribution in [1.29, 1.82) is 0 Å². The maximum absolute atomic E-state index is 12.0. The van der Waals surface area contributed by atoms with Crippen LogP contribution in [0.2, 0.25) is 0 Å². The van der Waals surface area contributed by atoms with Gasteiger partial charge in [0.05, 0.1) is 12.4 Å². The van der Waals surface area contributed by atoms with E-state index in [0.29, 0.717) is 25.5 Å². The van der Waals surface area contributed by atoms with Crippen LogP contribution in [-0.4, -0.2) is 46.9 Å². The molecule has 1 fully saturated rings. The number of benzene rings is 1. The summed E-state index contributed by atoms with van der Waals surface area (Å²) < 4.78 is 32.6. The summed E-state index contributed by atoms with van der Waals surface area (Å²) >= 11 is 0. The van der Waals surface area contributed by atoms with Crippen molar-refractivity contribution in [1.82, 2.24) is 0 Å². The summed E-state index contributed by atoms with van der Waals surface area (Å²) in [6, 6.07) is 7.09. The third-order valence-corrected chi connectivity index (χ3v) is 4.59. The van der Waals surface area contributed by atoms with Gasteiger partial charge >= 0.3 is 0 Å². The maximum atomic E-state index is 12.0. The molecule has 1 aromatic carbocycles. The van der Waals surface area contributed by atoms with Gasteiger partial charge in [-0.15, -0.1) is 0 Å². The summed E-state index contributed by atoms with van der Waals surface area (Å²) in [5.74, 6) is 0.132. The van der Waals surface area contributed by atoms with Gasteiger partial charge in [0, 0.05) is 42.4 Å². The molecule has 1 heterocycles. The van der Waals surface area contributed by atoms with Gasteiger partial charge in [-0.3, -0.25) is 4.79 Å². The fourth-order valence-corrected chi connectivity index (χ4v) is 3.71. The second-order valence-electron chi connectivity index (χ2n) is 5.12. The van der Waals surface area contributed by atoms with E-state index in [2.05, 4.69) is 0 Å². The Balaban J connectivity index is 1.98. The minimum Gasteiger partial charge on any atom is -0.491 e. The van der Waals surface area contributed by atoms with Crippen LogP contribution in [-0.2, 0) is 18.6 Å². The van der Waals surface area contributed by atoms with E-state index in [1.54, 1.807) is 36.3 Å². The number of methoxy groups -OCH3 is 1. The normalized spacial score (nSPS) is 18.7. The van der Waals surface area contributed by atoms with Gasteiger partial charge in [0.2, 0.25) is 15.0 Å². The lowest BCUT2D eigenvalue weighted by Crippen LogP contribution is -2.25. The maximum Gasteiger partial charge on any atom is 0.232 e. The Morgan fingerprint density at radius 2 is 1.95 bits per heavy atom. The monoisotopic (exact) mass is 347 g/mol. The van der Waals surface area contributed by atoms with Crippen LogP contribution < -0.4 is 9.64 Å². The van der Waals surface area contributed by atoms with E-state index in [1.807, 2.05) is 0 Å². The second kappa shape index (κ2) is 7.30. The first-order valence-electron chi connectivity index (χ1n) is 6.83. The van der Waals surface area contributed by atoms with Crippen LogP contribution in [0.5, 0.6) is 5.75 Å². The Labute approximate surface area is 134 Å². The molecule has 1 amide bonds. The van der Waals surface area contributed by atoms with Crippen molar-refractivity contribution in [2.24, 2.45) is 5.92 Å². The summed E-state index contributed by atoms with van der Waals surface area (Å²) in [5, 5.41) is 0. The van der Waals surface area contributed by atoms with Gasteiger partial charge in [0.15, 0.2) is 0 Å². The average molecular weight is 348 g/mol. The third kappa shape index (κ3) is 4.86. The molecule has 1 aromatic rings. The van der Waals surface area contributed by atoms with Gasteiger partial charge in [-0.1, -0.05) is 0 Å². The predicted octanol–water partition coefficient (Wildman–Crippen LogP) is 1.63. The first-order chi connectivity index (χ1) is 10.4. The average Bonchev–Trinajstić information content (AvgIpc) is 2.78. The zero-order valence-corrected chi connectivity index (χ0v) is 13.8. The Hall–Kier alpha value is -1.31. The number of carbonyl (C=O) groups is 1. The van der Waals surface area contributed by atoms with Crippen molar-refractivity contribution >= 4 is 31.3 Å². The van der Waals surface area contributed by atoms with Crippen molar-refractivity contribution in [2.75, 3.05) is 37.5 Å². The second-order valence-corrected chi connectivity index (χ2v) is 7.94. The number of hydrogen-bond acceptors (Lipinski definition) is 5. The van der Waals surface area contributed by atoms with E-state index in [4.69, 9.17) is 20.2 Å². The predicted molar refractivity (Wildman–Crippen MR) is 83.9 cm³/mol. The van der Waals surface area contributed by atoms with Gasteiger partial charge < -0.3 is 14.4 Å². The quantitative estimate of drug-likeness (QED) is 0.553. The highest BCUT2D eigenvalue weighted by molar-refractivity contribution is 8.13. The SMILES string of the molecule is COCCOc1ccc(N2CC(CS(=O)(=O)Cl)CC2=O)cc1. The van der Waals surface area contributed by atoms with Crippen LogP contribution in [0.1, 0.15) is 6.42 Å². The van der Waals surface area contributed by atoms with Crippen LogP contribution in [0.3, 0.4) is 0 Å². The highest BCUT2D eigenvalue weighted by atomic mass is 35.7. The molecule has 0 radical (unpaired) electrons. The summed E-state index contributed by atoms with van der Waals surface area (Å²) in [6.07, 6.45) is 0.193. The first kappa shape index (κ1) is 17.1. The van der Waals surface area contributed by atoms with Crippen LogP contribution in [0.25, 0.3) is 0 Å². The Morgan fingerprint density at radius 3 is 2.55 bits per heavy atom. The molecule has 0 aromatic heterocycles. The molecular weight excluding hydrogens is 330 g/mol. The summed E-state index contributed by atoms with van der Waals surface area (Å²) in [5.41, 5.74) is 0.721. The number of amides is 1. The van der Waals surface area contributed by atoms with Gasteiger partial charge in [0.25, 0.3) is 0 Å². The molecule has 2 rings (SSSR count). The van der Waals surface area contributed by atoms with Crippen LogP contribution >= 0.6 is 10.7 Å². The zero-order chi connectivity index (χ0) is 16.2. The van der Waals surface area contributed by atoms with Gasteiger partial charge in [-0.25, -0.2) is 8.42 Å². The molecule has 1 aliphatic rings. The zero-order valence-electron chi connectivity index (χ0n) is 12.2. The van der Waals surface area contributed by atoms with Crippen molar-refractivity contribution in [3.8, 4) is 5.75 Å². The van der Waals surface area contributed by atoms with Crippen molar-refractivity contribution in [2.45, 2.75) is 6.42 Å². The van der Waals surface area contributed by atoms with E-state index in [1.165, 1.54) is 0 Å². The molecule has 1 saturated heterocycles. The largest absolute Gasteiger partial charge is 0.491 e. The van der Waals surface area contributed by atoms with Crippen LogP contribution in [0.4, 0.5) is 5.69 Å². The van der Waals surface area contributed by atoms with E-state index in [9.17, 15) is 13.2 Å². The minimum atomic E-state index is -3.59. The van der Waals surface area contributed by atoms with E-state index < -0.39 is 9.05 Å². The molecule has 122 valence electrons. The molecule has 22 heavy (non-hydrogen) atoms. The summed E-state index contributed by atoms with van der Waals surface area (Å²) in [4.78, 5) is 13.6. The fourth-order valence-electron chi connectivity index (χ4n) is 2.39. The molecule has 6 nitrogen and oxygen atoms in total. The Morgan fingerprint density at radius 1 is 1.27 bits per heavy atom. The Bertz CT molecular complexity index is 617. The van der Waals surface area contributed by atoms with E-state index in [-0.39, 0.29) is 24.0 Å². The summed E-state index contributed by atoms with van der Waals surface area (Å²) in [7, 11) is 3.26. The number of rotatable bonds is 7. The smallest absolute Gasteiger partial charge is 0.232 e. The van der Waals surface area contributed by atoms with Crippen LogP contribution in [0, 0.1) is 5.92 Å². The lowest BCUT2D eigenvalue weighted by molar-refractivity contribution is -0.117. The fraction of sp³-hybridized carbons (Fsp3) is 0.500. The van der Waals surface area contributed by atoms with Crippen LogP contribution in [0.15, 0.2) is 24.3 Å². The molecule has 0 spiro atoms. The highest BCUT2D eigenvalue weighted by Crippen LogP contribution is 2.28. The number of hydrogen-bond donors (Lipinski definition) is 0. The van der Waals surface area contributed by atoms with Crippen molar-refractivity contribution < 1.29 is 22.7 Å². The molecule has 1 aliphatic heterocycles. The first-order valence-corrected chi connectivity index (χ1v) is 9.31. The lowest BCUT2D eigenvalue weighted by Gasteiger charge is -2.17. The highest BCUT2D eigenvalue weighted by Gasteiger charge is 2.33. The standard InChI is InChI=1S/C14H18ClNO5S/c1-20-6-7-21-13-4-2-12(3-5-13)16-9-11(8-14(16)17)10-22(15,18)19/h2-5,11H,6-10H2,1H3. The summed E-state index contributed by atoms with van der Waals surface area (Å²) in [6.45, 7) is 1.31. The molecule has 0 N–H and O–H groups in total. The van der Waals surface area contributed by atoms with E-state index in [0.717, 1.165) is 5.69 Å². The molecule has 0 aliphatic carbocycles. The minimum absolute atomic E-state index is 0.0987. The van der Waals surface area contributed by atoms with Crippen molar-refractivity contribution in [3.05, 3.63) is 24.3 Å². The molecule has 0 bridgehead atoms. The number of anilines is 1.